The van der Waals surface area contributed by atoms with Crippen LogP contribution in [0, 0.1) is 6.92 Å². The number of H-pyrrole nitrogens is 1. The van der Waals surface area contributed by atoms with Crippen molar-refractivity contribution in [3.05, 3.63) is 68.7 Å². The third-order valence-electron chi connectivity index (χ3n) is 6.78. The molecule has 176 valence electrons. The van der Waals surface area contributed by atoms with Crippen LogP contribution >= 0.6 is 0 Å². The van der Waals surface area contributed by atoms with E-state index in [4.69, 9.17) is 14.1 Å². The number of aromatic amines is 1. The molecule has 35 heavy (non-hydrogen) atoms. The van der Waals surface area contributed by atoms with Crippen molar-refractivity contribution in [2.75, 3.05) is 7.11 Å². The van der Waals surface area contributed by atoms with Gasteiger partial charge in [-0.3, -0.25) is 14.3 Å². The van der Waals surface area contributed by atoms with Gasteiger partial charge in [0.2, 0.25) is 0 Å². The first-order valence-corrected chi connectivity index (χ1v) is 11.4. The number of aromatic nitrogens is 4. The molecule has 0 spiro atoms. The van der Waals surface area contributed by atoms with Crippen molar-refractivity contribution in [1.82, 2.24) is 19.3 Å². The molecule has 6 rings (SSSR count). The Kier molecular flexibility index (Phi) is 4.45. The van der Waals surface area contributed by atoms with Crippen LogP contribution in [-0.4, -0.2) is 26.4 Å². The molecule has 8 heteroatoms. The van der Waals surface area contributed by atoms with Gasteiger partial charge in [0, 0.05) is 47.3 Å². The Bertz CT molecular complexity index is 1940. The van der Waals surface area contributed by atoms with Gasteiger partial charge in [-0.2, -0.15) is 0 Å². The molecule has 4 aromatic heterocycles. The topological polar surface area (TPSA) is 95.1 Å². The maximum atomic E-state index is 13.7. The molecule has 0 unspecified atom stereocenters. The van der Waals surface area contributed by atoms with Gasteiger partial charge in [0.1, 0.15) is 16.8 Å². The van der Waals surface area contributed by atoms with Gasteiger partial charge in [-0.25, -0.2) is 4.98 Å². The number of benzene rings is 2. The third kappa shape index (κ3) is 2.89. The molecule has 1 N–H and O–H groups in total. The van der Waals surface area contributed by atoms with Gasteiger partial charge in [-0.05, 0) is 56.5 Å². The zero-order chi connectivity index (χ0) is 24.6. The van der Waals surface area contributed by atoms with E-state index in [0.29, 0.717) is 44.8 Å². The fourth-order valence-corrected chi connectivity index (χ4v) is 4.87. The summed E-state index contributed by atoms with van der Waals surface area (Å²) in [6.45, 7) is 5.87. The largest absolute Gasteiger partial charge is 0.497 e. The van der Waals surface area contributed by atoms with Crippen LogP contribution in [0.5, 0.6) is 5.75 Å². The normalized spacial score (nSPS) is 12.1. The van der Waals surface area contributed by atoms with E-state index < -0.39 is 0 Å². The van der Waals surface area contributed by atoms with Gasteiger partial charge in [0.15, 0.2) is 16.7 Å². The van der Waals surface area contributed by atoms with Gasteiger partial charge >= 0.3 is 0 Å². The van der Waals surface area contributed by atoms with E-state index in [1.807, 2.05) is 35.1 Å². The number of pyridine rings is 2. The second-order valence-electron chi connectivity index (χ2n) is 9.15. The summed E-state index contributed by atoms with van der Waals surface area (Å²) in [5.74, 6) is 0.679. The highest BCUT2D eigenvalue weighted by molar-refractivity contribution is 6.15. The highest BCUT2D eigenvalue weighted by Gasteiger charge is 2.24. The SMILES string of the molecule is COc1ccc2cc(-c3c4c[nH]n(C(C)C)c4nc4c3oc3c(C)c(=O)ccc34)c(=O)n(C)c2c1. The summed E-state index contributed by atoms with van der Waals surface area (Å²) in [5, 5.41) is 5.69. The Morgan fingerprint density at radius 2 is 1.86 bits per heavy atom. The highest BCUT2D eigenvalue weighted by atomic mass is 16.5. The molecular weight excluding hydrogens is 444 g/mol. The molecule has 2 aromatic carbocycles. The number of nitrogens with one attached hydrogen (secondary N) is 1. The summed E-state index contributed by atoms with van der Waals surface area (Å²) in [6.07, 6.45) is 1.85. The molecule has 0 atom stereocenters. The fourth-order valence-electron chi connectivity index (χ4n) is 4.87. The summed E-state index contributed by atoms with van der Waals surface area (Å²) < 4.78 is 15.3. The van der Waals surface area contributed by atoms with Crippen LogP contribution in [0.15, 0.2) is 56.6 Å². The first-order chi connectivity index (χ1) is 16.8. The number of fused-ring (bicyclic) bond motifs is 5. The highest BCUT2D eigenvalue weighted by Crippen LogP contribution is 2.39. The molecule has 0 aliphatic rings. The quantitative estimate of drug-likeness (QED) is 0.393. The van der Waals surface area contributed by atoms with E-state index in [1.54, 1.807) is 31.7 Å². The Hall–Kier alpha value is -4.33. The monoisotopic (exact) mass is 468 g/mol. The molecule has 4 heterocycles. The van der Waals surface area contributed by atoms with Crippen molar-refractivity contribution in [2.24, 2.45) is 7.05 Å². The third-order valence-corrected chi connectivity index (χ3v) is 6.78. The minimum Gasteiger partial charge on any atom is -0.497 e. The number of aryl methyl sites for hydroxylation is 2. The molecule has 0 bridgehead atoms. The van der Waals surface area contributed by atoms with Crippen LogP contribution in [0.1, 0.15) is 25.5 Å². The summed E-state index contributed by atoms with van der Waals surface area (Å²) in [6, 6.07) is 10.9. The van der Waals surface area contributed by atoms with E-state index in [1.165, 1.54) is 6.07 Å². The van der Waals surface area contributed by atoms with Crippen molar-refractivity contribution in [1.29, 1.82) is 0 Å². The lowest BCUT2D eigenvalue weighted by Gasteiger charge is -2.12. The lowest BCUT2D eigenvalue weighted by molar-refractivity contribution is 0.415. The lowest BCUT2D eigenvalue weighted by atomic mass is 10.0. The minimum atomic E-state index is -0.168. The van der Waals surface area contributed by atoms with Gasteiger partial charge in [-0.15, -0.1) is 0 Å². The van der Waals surface area contributed by atoms with Crippen LogP contribution in [0.4, 0.5) is 0 Å². The van der Waals surface area contributed by atoms with Crippen LogP contribution < -0.4 is 15.7 Å². The van der Waals surface area contributed by atoms with E-state index in [2.05, 4.69) is 18.9 Å². The number of hydrogen-bond acceptors (Lipinski definition) is 5. The summed E-state index contributed by atoms with van der Waals surface area (Å²) in [4.78, 5) is 31.0. The molecular formula is C27H24N4O4. The second-order valence-corrected chi connectivity index (χ2v) is 9.15. The molecule has 0 saturated heterocycles. The Morgan fingerprint density at radius 3 is 2.60 bits per heavy atom. The standard InChI is InChI=1S/C27H24N4O4/c1-13(2)31-26-19(12-28-31)22(25-23(29-26)17-8-9-21(32)14(3)24(17)35-25)18-10-15-6-7-16(34-5)11-20(15)30(4)27(18)33/h6-13,28H,1-5H3. The number of hydrogen-bond donors (Lipinski definition) is 1. The maximum absolute atomic E-state index is 13.7. The minimum absolute atomic E-state index is 0.0988. The average Bonchev–Trinajstić information content (AvgIpc) is 3.44. The first-order valence-electron chi connectivity index (χ1n) is 11.4. The molecule has 0 saturated carbocycles. The molecule has 0 radical (unpaired) electrons. The zero-order valence-corrected chi connectivity index (χ0v) is 20.1. The number of rotatable bonds is 3. The second kappa shape index (κ2) is 7.33. The summed E-state index contributed by atoms with van der Waals surface area (Å²) in [5.41, 5.74) is 4.49. The van der Waals surface area contributed by atoms with Gasteiger partial charge in [0.25, 0.3) is 5.56 Å². The van der Waals surface area contributed by atoms with E-state index in [-0.39, 0.29) is 17.0 Å². The van der Waals surface area contributed by atoms with Crippen molar-refractivity contribution in [3.8, 4) is 16.9 Å². The van der Waals surface area contributed by atoms with Crippen molar-refractivity contribution in [3.63, 3.8) is 0 Å². The van der Waals surface area contributed by atoms with Crippen molar-refractivity contribution < 1.29 is 9.15 Å². The van der Waals surface area contributed by atoms with Crippen LogP contribution in [-0.2, 0) is 7.05 Å². The molecule has 0 fully saturated rings. The maximum Gasteiger partial charge on any atom is 0.258 e. The number of ether oxygens (including phenoxy) is 1. The smallest absolute Gasteiger partial charge is 0.258 e. The molecule has 6 aromatic rings. The van der Waals surface area contributed by atoms with E-state index in [0.717, 1.165) is 21.7 Å². The summed E-state index contributed by atoms with van der Waals surface area (Å²) in [7, 11) is 3.35. The van der Waals surface area contributed by atoms with Crippen molar-refractivity contribution >= 4 is 44.0 Å². The molecule has 0 amide bonds. The number of methoxy groups -OCH3 is 1. The van der Waals surface area contributed by atoms with Gasteiger partial charge in [0.05, 0.1) is 18.2 Å². The van der Waals surface area contributed by atoms with Crippen LogP contribution in [0.25, 0.3) is 55.1 Å². The van der Waals surface area contributed by atoms with Crippen LogP contribution in [0.2, 0.25) is 0 Å². The molecule has 0 aliphatic carbocycles. The van der Waals surface area contributed by atoms with E-state index >= 15 is 0 Å². The van der Waals surface area contributed by atoms with Crippen LogP contribution in [0.3, 0.4) is 0 Å². The molecule has 0 aliphatic heterocycles. The Balaban J connectivity index is 1.83. The van der Waals surface area contributed by atoms with Gasteiger partial charge < -0.3 is 18.8 Å². The first kappa shape index (κ1) is 21.2. The Labute approximate surface area is 199 Å². The average molecular weight is 469 g/mol. The fraction of sp³-hybridized carbons (Fsp3) is 0.222. The van der Waals surface area contributed by atoms with Crippen molar-refractivity contribution in [2.45, 2.75) is 26.8 Å². The lowest BCUT2D eigenvalue weighted by Crippen LogP contribution is -2.19. The predicted molar refractivity (Wildman–Crippen MR) is 137 cm³/mol. The molecule has 8 nitrogen and oxygen atoms in total. The van der Waals surface area contributed by atoms with E-state index in [9.17, 15) is 9.59 Å². The zero-order valence-electron chi connectivity index (χ0n) is 20.1. The Morgan fingerprint density at radius 1 is 1.06 bits per heavy atom. The number of furan rings is 1. The summed E-state index contributed by atoms with van der Waals surface area (Å²) >= 11 is 0. The predicted octanol–water partition coefficient (Wildman–Crippen LogP) is 5.04. The van der Waals surface area contributed by atoms with Gasteiger partial charge in [-0.1, -0.05) is 0 Å². The number of nitrogens with zero attached hydrogens (tertiary/aromatic N) is 3.